The average molecular weight is 261 g/mol. The quantitative estimate of drug-likeness (QED) is 0.844. The average Bonchev–Trinajstić information content (AvgIpc) is 2.48. The largest absolute Gasteiger partial charge is 0.355 e. The van der Waals surface area contributed by atoms with Crippen molar-refractivity contribution in [2.45, 2.75) is 32.1 Å². The summed E-state index contributed by atoms with van der Waals surface area (Å²) in [6.07, 6.45) is 7.00. The van der Waals surface area contributed by atoms with Gasteiger partial charge in [-0.15, -0.1) is 0 Å². The van der Waals surface area contributed by atoms with Crippen molar-refractivity contribution in [1.29, 1.82) is 0 Å². The number of carbonyl (C=O) groups is 1. The van der Waals surface area contributed by atoms with Crippen LogP contribution in [0.25, 0.3) is 0 Å². The van der Waals surface area contributed by atoms with Gasteiger partial charge in [0.2, 0.25) is 5.91 Å². The Morgan fingerprint density at radius 2 is 2.21 bits per heavy atom. The van der Waals surface area contributed by atoms with Gasteiger partial charge in [-0.05, 0) is 37.4 Å². The fourth-order valence-electron chi connectivity index (χ4n) is 2.83. The van der Waals surface area contributed by atoms with Crippen LogP contribution in [0, 0.1) is 11.8 Å². The molecule has 1 saturated carbocycles. The first-order chi connectivity index (χ1) is 9.31. The second-order valence-corrected chi connectivity index (χ2v) is 5.25. The SMILES string of the molecule is NCC1CCCCC1C(=O)NCCc1ccccn1. The Hall–Kier alpha value is -1.42. The molecule has 4 nitrogen and oxygen atoms in total. The lowest BCUT2D eigenvalue weighted by molar-refractivity contribution is -0.127. The molecule has 2 rings (SSSR count). The van der Waals surface area contributed by atoms with E-state index in [0.29, 0.717) is 19.0 Å². The lowest BCUT2D eigenvalue weighted by Crippen LogP contribution is -2.40. The van der Waals surface area contributed by atoms with Gasteiger partial charge in [0, 0.05) is 30.8 Å². The fourth-order valence-corrected chi connectivity index (χ4v) is 2.83. The lowest BCUT2D eigenvalue weighted by Gasteiger charge is -2.29. The molecule has 1 aromatic heterocycles. The first kappa shape index (κ1) is 14.0. The highest BCUT2D eigenvalue weighted by atomic mass is 16.1. The van der Waals surface area contributed by atoms with Crippen LogP contribution in [0.4, 0.5) is 0 Å². The lowest BCUT2D eigenvalue weighted by atomic mass is 9.79. The van der Waals surface area contributed by atoms with Gasteiger partial charge >= 0.3 is 0 Å². The summed E-state index contributed by atoms with van der Waals surface area (Å²) in [5.41, 5.74) is 6.78. The number of nitrogens with two attached hydrogens (primary N) is 1. The number of hydrogen-bond acceptors (Lipinski definition) is 3. The molecule has 0 spiro atoms. The summed E-state index contributed by atoms with van der Waals surface area (Å²) in [5.74, 6) is 0.650. The second kappa shape index (κ2) is 7.24. The molecule has 2 unspecified atom stereocenters. The maximum absolute atomic E-state index is 12.2. The van der Waals surface area contributed by atoms with E-state index < -0.39 is 0 Å². The van der Waals surface area contributed by atoms with Gasteiger partial charge < -0.3 is 11.1 Å². The number of nitrogens with zero attached hydrogens (tertiary/aromatic N) is 1. The molecular formula is C15H23N3O. The summed E-state index contributed by atoms with van der Waals surface area (Å²) in [6, 6.07) is 5.85. The second-order valence-electron chi connectivity index (χ2n) is 5.25. The zero-order chi connectivity index (χ0) is 13.5. The Morgan fingerprint density at radius 3 is 2.95 bits per heavy atom. The first-order valence-corrected chi connectivity index (χ1v) is 7.19. The van der Waals surface area contributed by atoms with E-state index in [1.807, 2.05) is 18.2 Å². The van der Waals surface area contributed by atoms with Gasteiger partial charge in [-0.1, -0.05) is 18.9 Å². The van der Waals surface area contributed by atoms with E-state index in [4.69, 9.17) is 5.73 Å². The molecule has 4 heteroatoms. The van der Waals surface area contributed by atoms with E-state index in [1.54, 1.807) is 6.20 Å². The highest BCUT2D eigenvalue weighted by Gasteiger charge is 2.29. The fraction of sp³-hybridized carbons (Fsp3) is 0.600. The van der Waals surface area contributed by atoms with Crippen LogP contribution in [-0.2, 0) is 11.2 Å². The van der Waals surface area contributed by atoms with E-state index in [1.165, 1.54) is 6.42 Å². The number of hydrogen-bond donors (Lipinski definition) is 2. The normalized spacial score (nSPS) is 23.0. The zero-order valence-electron chi connectivity index (χ0n) is 11.3. The molecule has 0 radical (unpaired) electrons. The molecule has 104 valence electrons. The highest BCUT2D eigenvalue weighted by Crippen LogP contribution is 2.29. The van der Waals surface area contributed by atoms with Crippen LogP contribution in [0.1, 0.15) is 31.4 Å². The Bertz CT molecular complexity index is 394. The van der Waals surface area contributed by atoms with Gasteiger partial charge in [0.15, 0.2) is 0 Å². The molecule has 0 saturated heterocycles. The van der Waals surface area contributed by atoms with Crippen LogP contribution in [0.3, 0.4) is 0 Å². The molecule has 0 bridgehead atoms. The standard InChI is InChI=1S/C15H23N3O/c16-11-12-5-1-2-7-14(12)15(19)18-10-8-13-6-3-4-9-17-13/h3-4,6,9,12,14H,1-2,5,7-8,10-11,16H2,(H,18,19). The molecule has 1 aromatic rings. The van der Waals surface area contributed by atoms with Crippen molar-refractivity contribution in [1.82, 2.24) is 10.3 Å². The third kappa shape index (κ3) is 4.03. The minimum Gasteiger partial charge on any atom is -0.355 e. The molecule has 1 aliphatic rings. The van der Waals surface area contributed by atoms with E-state index >= 15 is 0 Å². The molecule has 2 atom stereocenters. The monoisotopic (exact) mass is 261 g/mol. The maximum Gasteiger partial charge on any atom is 0.223 e. The van der Waals surface area contributed by atoms with E-state index in [0.717, 1.165) is 31.4 Å². The number of rotatable bonds is 5. The van der Waals surface area contributed by atoms with Crippen molar-refractivity contribution in [2.75, 3.05) is 13.1 Å². The number of amides is 1. The predicted molar refractivity (Wildman–Crippen MR) is 75.5 cm³/mol. The van der Waals surface area contributed by atoms with Crippen LogP contribution in [0.5, 0.6) is 0 Å². The summed E-state index contributed by atoms with van der Waals surface area (Å²) in [7, 11) is 0. The predicted octanol–water partition coefficient (Wildman–Crippen LogP) is 1.51. The molecule has 1 heterocycles. The van der Waals surface area contributed by atoms with Crippen LogP contribution < -0.4 is 11.1 Å². The van der Waals surface area contributed by atoms with Crippen LogP contribution in [-0.4, -0.2) is 24.0 Å². The smallest absolute Gasteiger partial charge is 0.223 e. The van der Waals surface area contributed by atoms with Crippen molar-refractivity contribution in [3.8, 4) is 0 Å². The van der Waals surface area contributed by atoms with Crippen LogP contribution in [0.2, 0.25) is 0 Å². The maximum atomic E-state index is 12.2. The van der Waals surface area contributed by atoms with Crippen molar-refractivity contribution in [2.24, 2.45) is 17.6 Å². The number of pyridine rings is 1. The van der Waals surface area contributed by atoms with Crippen molar-refractivity contribution >= 4 is 5.91 Å². The van der Waals surface area contributed by atoms with Gasteiger partial charge in [-0.2, -0.15) is 0 Å². The van der Waals surface area contributed by atoms with Gasteiger partial charge in [0.05, 0.1) is 0 Å². The van der Waals surface area contributed by atoms with E-state index in [9.17, 15) is 4.79 Å². The number of nitrogens with one attached hydrogen (secondary N) is 1. The van der Waals surface area contributed by atoms with Gasteiger partial charge in [-0.25, -0.2) is 0 Å². The molecule has 1 fully saturated rings. The zero-order valence-corrected chi connectivity index (χ0v) is 11.3. The van der Waals surface area contributed by atoms with E-state index in [-0.39, 0.29) is 11.8 Å². The molecular weight excluding hydrogens is 238 g/mol. The van der Waals surface area contributed by atoms with Crippen molar-refractivity contribution in [3.63, 3.8) is 0 Å². The number of carbonyl (C=O) groups excluding carboxylic acids is 1. The summed E-state index contributed by atoms with van der Waals surface area (Å²) < 4.78 is 0. The summed E-state index contributed by atoms with van der Waals surface area (Å²) >= 11 is 0. The Labute approximate surface area is 114 Å². The third-order valence-electron chi connectivity index (χ3n) is 3.96. The van der Waals surface area contributed by atoms with Crippen LogP contribution >= 0.6 is 0 Å². The minimum atomic E-state index is 0.113. The van der Waals surface area contributed by atoms with Gasteiger partial charge in [0.25, 0.3) is 0 Å². The minimum absolute atomic E-state index is 0.113. The molecule has 3 N–H and O–H groups in total. The molecule has 19 heavy (non-hydrogen) atoms. The highest BCUT2D eigenvalue weighted by molar-refractivity contribution is 5.79. The molecule has 0 aliphatic heterocycles. The van der Waals surface area contributed by atoms with Crippen molar-refractivity contribution < 1.29 is 4.79 Å². The Morgan fingerprint density at radius 1 is 1.37 bits per heavy atom. The summed E-state index contributed by atoms with van der Waals surface area (Å²) in [6.45, 7) is 1.28. The summed E-state index contributed by atoms with van der Waals surface area (Å²) in [5, 5.41) is 3.03. The Balaban J connectivity index is 1.77. The Kier molecular flexibility index (Phi) is 5.33. The number of aromatic nitrogens is 1. The molecule has 1 amide bonds. The van der Waals surface area contributed by atoms with Gasteiger partial charge in [-0.3, -0.25) is 9.78 Å². The van der Waals surface area contributed by atoms with Gasteiger partial charge in [0.1, 0.15) is 0 Å². The molecule has 0 aromatic carbocycles. The first-order valence-electron chi connectivity index (χ1n) is 7.19. The topological polar surface area (TPSA) is 68.0 Å². The third-order valence-corrected chi connectivity index (χ3v) is 3.96. The molecule has 1 aliphatic carbocycles. The summed E-state index contributed by atoms with van der Waals surface area (Å²) in [4.78, 5) is 16.4. The van der Waals surface area contributed by atoms with E-state index in [2.05, 4.69) is 10.3 Å². The van der Waals surface area contributed by atoms with Crippen molar-refractivity contribution in [3.05, 3.63) is 30.1 Å². The van der Waals surface area contributed by atoms with Crippen LogP contribution in [0.15, 0.2) is 24.4 Å².